The van der Waals surface area contributed by atoms with E-state index in [-0.39, 0.29) is 18.1 Å². The number of fused-ring (bicyclic) bond motifs is 1. The van der Waals surface area contributed by atoms with Gasteiger partial charge in [0.25, 0.3) is 0 Å². The largest absolute Gasteiger partial charge is 0.496 e. The maximum absolute atomic E-state index is 12.5. The lowest BCUT2D eigenvalue weighted by atomic mass is 9.87. The number of carbonyl (C=O) groups excluding carboxylic acids is 1. The zero-order valence-electron chi connectivity index (χ0n) is 17.3. The molecule has 1 atom stereocenters. The number of benzene rings is 1. The molecule has 30 heavy (non-hydrogen) atoms. The molecule has 0 bridgehead atoms. The SMILES string of the molecule is CCOC(=O)c1c(C)sc2c1OC(N)=C(C#N)[C@@H]2c1cc(OC)c(OC)cc1OC. The zero-order chi connectivity index (χ0) is 22.0. The summed E-state index contributed by atoms with van der Waals surface area (Å²) in [5, 5.41) is 9.83. The Morgan fingerprint density at radius 1 is 1.20 bits per heavy atom. The highest BCUT2D eigenvalue weighted by atomic mass is 32.1. The van der Waals surface area contributed by atoms with Crippen LogP contribution in [0.2, 0.25) is 0 Å². The van der Waals surface area contributed by atoms with E-state index in [0.29, 0.717) is 43.9 Å². The second-order valence-electron chi connectivity index (χ2n) is 6.32. The van der Waals surface area contributed by atoms with Gasteiger partial charge in [-0.1, -0.05) is 0 Å². The number of nitrogens with two attached hydrogens (primary N) is 1. The van der Waals surface area contributed by atoms with Gasteiger partial charge in [0.05, 0.1) is 38.7 Å². The Labute approximate surface area is 178 Å². The first kappa shape index (κ1) is 21.3. The van der Waals surface area contributed by atoms with Gasteiger partial charge in [-0.3, -0.25) is 0 Å². The number of aryl methyl sites for hydroxylation is 1. The fraction of sp³-hybridized carbons (Fsp3) is 0.333. The van der Waals surface area contributed by atoms with Gasteiger partial charge >= 0.3 is 5.97 Å². The molecule has 0 saturated heterocycles. The molecule has 0 unspecified atom stereocenters. The average molecular weight is 430 g/mol. The third-order valence-electron chi connectivity index (χ3n) is 4.74. The minimum Gasteiger partial charge on any atom is -0.496 e. The first-order valence-corrected chi connectivity index (χ1v) is 9.91. The van der Waals surface area contributed by atoms with Crippen LogP contribution in [0.4, 0.5) is 0 Å². The lowest BCUT2D eigenvalue weighted by Crippen LogP contribution is -2.21. The van der Waals surface area contributed by atoms with Gasteiger partial charge in [0.15, 0.2) is 17.2 Å². The van der Waals surface area contributed by atoms with E-state index in [2.05, 4.69) is 6.07 Å². The molecule has 1 aromatic carbocycles. The summed E-state index contributed by atoms with van der Waals surface area (Å²) in [5.41, 5.74) is 7.25. The summed E-state index contributed by atoms with van der Waals surface area (Å²) in [4.78, 5) is 13.9. The Morgan fingerprint density at radius 3 is 2.40 bits per heavy atom. The predicted molar refractivity (Wildman–Crippen MR) is 110 cm³/mol. The highest BCUT2D eigenvalue weighted by molar-refractivity contribution is 7.12. The molecule has 2 heterocycles. The van der Waals surface area contributed by atoms with Crippen molar-refractivity contribution in [2.75, 3.05) is 27.9 Å². The van der Waals surface area contributed by atoms with Crippen molar-refractivity contribution in [1.29, 1.82) is 5.26 Å². The van der Waals surface area contributed by atoms with Crippen molar-refractivity contribution in [1.82, 2.24) is 0 Å². The number of thiophene rings is 1. The van der Waals surface area contributed by atoms with Crippen LogP contribution in [-0.2, 0) is 4.74 Å². The number of methoxy groups -OCH3 is 3. The second kappa shape index (κ2) is 8.55. The van der Waals surface area contributed by atoms with E-state index >= 15 is 0 Å². The van der Waals surface area contributed by atoms with Crippen molar-refractivity contribution in [3.05, 3.63) is 44.5 Å². The third kappa shape index (κ3) is 3.39. The van der Waals surface area contributed by atoms with Gasteiger partial charge in [-0.25, -0.2) is 4.79 Å². The molecule has 0 fully saturated rings. The highest BCUT2D eigenvalue weighted by Crippen LogP contribution is 2.52. The van der Waals surface area contributed by atoms with Gasteiger partial charge in [-0.2, -0.15) is 5.26 Å². The summed E-state index contributed by atoms with van der Waals surface area (Å²) in [6.07, 6.45) is 0. The Hall–Kier alpha value is -3.38. The molecule has 1 aliphatic rings. The van der Waals surface area contributed by atoms with E-state index in [9.17, 15) is 10.1 Å². The van der Waals surface area contributed by atoms with Gasteiger partial charge in [-0.15, -0.1) is 11.3 Å². The number of carbonyl (C=O) groups is 1. The Bertz CT molecular complexity index is 1070. The highest BCUT2D eigenvalue weighted by Gasteiger charge is 2.39. The normalized spacial score (nSPS) is 15.0. The van der Waals surface area contributed by atoms with E-state index in [1.54, 1.807) is 26.0 Å². The van der Waals surface area contributed by atoms with Gasteiger partial charge < -0.3 is 29.4 Å². The van der Waals surface area contributed by atoms with Gasteiger partial charge in [-0.05, 0) is 19.9 Å². The number of hydrogen-bond donors (Lipinski definition) is 1. The molecule has 1 aliphatic heterocycles. The molecule has 3 rings (SSSR count). The molecule has 0 spiro atoms. The monoisotopic (exact) mass is 430 g/mol. The summed E-state index contributed by atoms with van der Waals surface area (Å²) in [6.45, 7) is 3.75. The Morgan fingerprint density at radius 2 is 1.83 bits per heavy atom. The summed E-state index contributed by atoms with van der Waals surface area (Å²) < 4.78 is 27.3. The topological polar surface area (TPSA) is 113 Å². The van der Waals surface area contributed by atoms with Crippen LogP contribution in [-0.4, -0.2) is 33.9 Å². The number of nitrogens with zero attached hydrogens (tertiary/aromatic N) is 1. The molecule has 0 aliphatic carbocycles. The van der Waals surface area contributed by atoms with Crippen LogP contribution in [0.25, 0.3) is 0 Å². The van der Waals surface area contributed by atoms with E-state index in [1.807, 2.05) is 0 Å². The van der Waals surface area contributed by atoms with Gasteiger partial charge in [0.1, 0.15) is 23.0 Å². The number of ether oxygens (including phenoxy) is 5. The number of rotatable bonds is 6. The van der Waals surface area contributed by atoms with Crippen LogP contribution in [0.5, 0.6) is 23.0 Å². The molecule has 0 radical (unpaired) electrons. The van der Waals surface area contributed by atoms with Crippen LogP contribution in [0.15, 0.2) is 23.6 Å². The predicted octanol–water partition coefficient (Wildman–Crippen LogP) is 3.48. The third-order valence-corrected chi connectivity index (χ3v) is 5.89. The maximum atomic E-state index is 12.5. The fourth-order valence-electron chi connectivity index (χ4n) is 3.41. The number of nitriles is 1. The fourth-order valence-corrected chi connectivity index (χ4v) is 4.62. The molecule has 8 nitrogen and oxygen atoms in total. The molecule has 0 amide bonds. The van der Waals surface area contributed by atoms with E-state index < -0.39 is 11.9 Å². The molecule has 9 heteroatoms. The van der Waals surface area contributed by atoms with Crippen molar-refractivity contribution in [2.45, 2.75) is 19.8 Å². The molecule has 158 valence electrons. The summed E-state index contributed by atoms with van der Waals surface area (Å²) in [6, 6.07) is 5.56. The van der Waals surface area contributed by atoms with E-state index in [1.165, 1.54) is 32.7 Å². The summed E-state index contributed by atoms with van der Waals surface area (Å²) >= 11 is 1.34. The number of hydrogen-bond acceptors (Lipinski definition) is 9. The van der Waals surface area contributed by atoms with Crippen LogP contribution in [0.1, 0.15) is 38.5 Å². The average Bonchev–Trinajstić information content (AvgIpc) is 3.07. The van der Waals surface area contributed by atoms with E-state index in [0.717, 1.165) is 0 Å². The second-order valence-corrected chi connectivity index (χ2v) is 7.58. The number of esters is 1. The molecule has 2 N–H and O–H groups in total. The van der Waals surface area contributed by atoms with Crippen molar-refractivity contribution in [3.63, 3.8) is 0 Å². The zero-order valence-corrected chi connectivity index (χ0v) is 18.1. The molecule has 1 aromatic heterocycles. The standard InChI is InChI=1S/C21H22N2O6S/c1-6-28-21(24)16-10(2)30-19-17(12(9-22)20(23)29-18(16)19)11-7-14(26-4)15(27-5)8-13(11)25-3/h7-8,17H,6,23H2,1-5H3/t17-/m0/s1. The minimum absolute atomic E-state index is 0.0739. The van der Waals surface area contributed by atoms with Crippen LogP contribution in [0, 0.1) is 18.3 Å². The van der Waals surface area contributed by atoms with E-state index in [4.69, 9.17) is 29.4 Å². The summed E-state index contributed by atoms with van der Waals surface area (Å²) in [7, 11) is 4.57. The van der Waals surface area contributed by atoms with Gasteiger partial charge in [0, 0.05) is 16.5 Å². The van der Waals surface area contributed by atoms with Crippen LogP contribution < -0.4 is 24.7 Å². The lowest BCUT2D eigenvalue weighted by molar-refractivity contribution is 0.0522. The lowest BCUT2D eigenvalue weighted by Gasteiger charge is -2.26. The molecular formula is C21H22N2O6S. The Kier molecular flexibility index (Phi) is 6.08. The maximum Gasteiger partial charge on any atom is 0.343 e. The molecule has 2 aromatic rings. The molecule has 0 saturated carbocycles. The summed E-state index contributed by atoms with van der Waals surface area (Å²) in [5.74, 6) is 0.546. The number of allylic oxidation sites excluding steroid dienone is 1. The van der Waals surface area contributed by atoms with Crippen molar-refractivity contribution < 1.29 is 28.5 Å². The minimum atomic E-state index is -0.611. The van der Waals surface area contributed by atoms with Crippen molar-refractivity contribution in [2.24, 2.45) is 5.73 Å². The quantitative estimate of drug-likeness (QED) is 0.693. The molecular weight excluding hydrogens is 408 g/mol. The van der Waals surface area contributed by atoms with Crippen LogP contribution in [0.3, 0.4) is 0 Å². The first-order chi connectivity index (χ1) is 14.4. The van der Waals surface area contributed by atoms with Crippen molar-refractivity contribution >= 4 is 17.3 Å². The smallest absolute Gasteiger partial charge is 0.343 e. The van der Waals surface area contributed by atoms with Gasteiger partial charge in [0.2, 0.25) is 5.88 Å². The van der Waals surface area contributed by atoms with Crippen LogP contribution >= 0.6 is 11.3 Å². The Balaban J connectivity index is 2.30. The first-order valence-electron chi connectivity index (χ1n) is 9.09. The van der Waals surface area contributed by atoms with Crippen molar-refractivity contribution in [3.8, 4) is 29.1 Å².